The van der Waals surface area contributed by atoms with Crippen LogP contribution in [0.1, 0.15) is 54.1 Å². The number of carbonyl (C=O) groups is 3. The monoisotopic (exact) mass is 1120 g/mol. The minimum Gasteiger partial charge on any atom is -0.508 e. The topological polar surface area (TPSA) is 220 Å². The Morgan fingerprint density at radius 3 is 1.74 bits per heavy atom. The number of amides is 3. The standard InChI is InChI=1S/C22H17ClN2O2S.C13H9ClN2OS.C13H20N2O2.C13H10O2/c23-17-13-15(24-20(26)11-10-14-6-2-1-3-7-14)12-16(21(17)27)22-25-18-8-4-5-9-19(18)28-22;14-9-6-7(15)5-8(12(9)17)13-16-10-3-1-2-4-11(10)18-13;1-3-4-5-8-14-13(17)15-12-7-6-11(16)9-10(12)2;14-13(15)12-8-6-11(7-9-12)10-4-2-1-3-5-10/h1-9,12-13,27H,10-11H2,(H,24,26);1-6,17H,15H2;6-7,9,16H,3-5,8H2,1-2H3,(H2,14,15,17);1-9H,(H,14,15). The summed E-state index contributed by atoms with van der Waals surface area (Å²) in [4.78, 5) is 43.6. The highest BCUT2D eigenvalue weighted by Gasteiger charge is 2.17. The van der Waals surface area contributed by atoms with Crippen LogP contribution in [-0.4, -0.2) is 54.8 Å². The zero-order valence-electron chi connectivity index (χ0n) is 42.5. The number of halogens is 2. The number of anilines is 3. The minimum absolute atomic E-state index is 0.0184. The van der Waals surface area contributed by atoms with Gasteiger partial charge < -0.3 is 42.1 Å². The highest BCUT2D eigenvalue weighted by atomic mass is 35.5. The Morgan fingerprint density at radius 2 is 1.17 bits per heavy atom. The lowest BCUT2D eigenvalue weighted by Crippen LogP contribution is -2.29. The van der Waals surface area contributed by atoms with E-state index in [0.29, 0.717) is 57.5 Å². The lowest BCUT2D eigenvalue weighted by atomic mass is 10.0. The van der Waals surface area contributed by atoms with Gasteiger partial charge in [-0.3, -0.25) is 4.79 Å². The van der Waals surface area contributed by atoms with Crippen molar-refractivity contribution in [3.05, 3.63) is 203 Å². The largest absolute Gasteiger partial charge is 0.508 e. The molecule has 78 heavy (non-hydrogen) atoms. The van der Waals surface area contributed by atoms with Gasteiger partial charge in [0.25, 0.3) is 0 Å². The van der Waals surface area contributed by atoms with Gasteiger partial charge in [-0.2, -0.15) is 0 Å². The normalized spacial score (nSPS) is 10.5. The molecular weight excluding hydrogens is 1060 g/mol. The van der Waals surface area contributed by atoms with E-state index in [2.05, 4.69) is 32.8 Å². The molecule has 10 rings (SSSR count). The summed E-state index contributed by atoms with van der Waals surface area (Å²) < 4.78 is 2.08. The number of unbranched alkanes of at least 4 members (excludes halogenated alkanes) is 2. The van der Waals surface area contributed by atoms with E-state index in [9.17, 15) is 29.7 Å². The number of hydrogen-bond acceptors (Lipinski definition) is 11. The van der Waals surface area contributed by atoms with Crippen molar-refractivity contribution in [2.75, 3.05) is 22.9 Å². The van der Waals surface area contributed by atoms with Crippen molar-refractivity contribution in [2.45, 2.75) is 46.0 Å². The summed E-state index contributed by atoms with van der Waals surface area (Å²) in [5.74, 6) is -0.820. The lowest BCUT2D eigenvalue weighted by Gasteiger charge is -2.10. The van der Waals surface area contributed by atoms with Gasteiger partial charge in [0.15, 0.2) is 0 Å². The van der Waals surface area contributed by atoms with Crippen molar-refractivity contribution in [1.29, 1.82) is 0 Å². The number of aryl methyl sites for hydroxylation is 2. The van der Waals surface area contributed by atoms with Gasteiger partial charge >= 0.3 is 12.0 Å². The molecule has 3 amide bonds. The molecule has 0 aliphatic rings. The summed E-state index contributed by atoms with van der Waals surface area (Å²) in [5.41, 5.74) is 14.7. The summed E-state index contributed by atoms with van der Waals surface area (Å²) in [5, 5.41) is 48.6. The van der Waals surface area contributed by atoms with Crippen molar-refractivity contribution in [3.63, 3.8) is 0 Å². The number of fused-ring (bicyclic) bond motifs is 2. The fraction of sp³-hybridized carbons (Fsp3) is 0.131. The average molecular weight is 1120 g/mol. The molecule has 0 bridgehead atoms. The number of benzene rings is 8. The zero-order valence-corrected chi connectivity index (χ0v) is 45.7. The van der Waals surface area contributed by atoms with Crippen molar-refractivity contribution in [1.82, 2.24) is 15.3 Å². The second-order valence-electron chi connectivity index (χ2n) is 17.6. The van der Waals surface area contributed by atoms with Gasteiger partial charge in [-0.1, -0.05) is 140 Å². The zero-order chi connectivity index (χ0) is 55.6. The molecule has 0 radical (unpaired) electrons. The molecular formula is C61H56Cl2N6O7S2. The number of nitrogens with zero attached hydrogens (tertiary/aromatic N) is 2. The quantitative estimate of drug-likeness (QED) is 0.0310. The number of para-hydroxylation sites is 2. The van der Waals surface area contributed by atoms with Crippen LogP contribution in [0.25, 0.3) is 52.7 Å². The van der Waals surface area contributed by atoms with Crippen LogP contribution in [0.5, 0.6) is 17.2 Å². The van der Waals surface area contributed by atoms with E-state index in [0.717, 1.165) is 67.6 Å². The third-order valence-corrected chi connectivity index (χ3v) is 14.4. The minimum atomic E-state index is -0.894. The number of nitrogens with two attached hydrogens (primary N) is 1. The summed E-state index contributed by atoms with van der Waals surface area (Å²) in [7, 11) is 0. The van der Waals surface area contributed by atoms with Crippen LogP contribution >= 0.6 is 45.9 Å². The smallest absolute Gasteiger partial charge is 0.335 e. The van der Waals surface area contributed by atoms with Gasteiger partial charge in [-0.25, -0.2) is 19.6 Å². The molecule has 0 aliphatic carbocycles. The van der Waals surface area contributed by atoms with Crippen LogP contribution in [0.4, 0.5) is 21.9 Å². The molecule has 17 heteroatoms. The summed E-state index contributed by atoms with van der Waals surface area (Å²) >= 11 is 15.1. The molecule has 8 aromatic carbocycles. The highest BCUT2D eigenvalue weighted by molar-refractivity contribution is 7.22. The van der Waals surface area contributed by atoms with Gasteiger partial charge in [0, 0.05) is 30.0 Å². The van der Waals surface area contributed by atoms with Crippen LogP contribution in [0.2, 0.25) is 10.0 Å². The molecule has 0 fully saturated rings. The SMILES string of the molecule is CCCCCNC(=O)Nc1ccc(O)cc1C.Nc1cc(Cl)c(O)c(-c2nc3ccccc3s2)c1.O=C(CCc1ccccc1)Nc1cc(Cl)c(O)c(-c2nc3ccccc3s2)c1.O=C(O)c1ccc(-c2ccccc2)cc1. The Bertz CT molecular complexity index is 3570. The predicted molar refractivity (Wildman–Crippen MR) is 319 cm³/mol. The number of aromatic carboxylic acids is 1. The van der Waals surface area contributed by atoms with Crippen LogP contribution in [0, 0.1) is 6.92 Å². The maximum Gasteiger partial charge on any atom is 0.335 e. The number of aromatic nitrogens is 2. The third-order valence-electron chi connectivity index (χ3n) is 11.7. The van der Waals surface area contributed by atoms with Crippen molar-refractivity contribution >= 4 is 101 Å². The van der Waals surface area contributed by atoms with Gasteiger partial charge in [-0.05, 0) is 121 Å². The first kappa shape index (κ1) is 57.2. The Kier molecular flexibility index (Phi) is 20.6. The molecule has 0 atom stereocenters. The van der Waals surface area contributed by atoms with Gasteiger partial charge in [0.1, 0.15) is 27.3 Å². The number of carboxylic acid groups (broad SMARTS) is 1. The molecule has 0 aliphatic heterocycles. The van der Waals surface area contributed by atoms with Crippen molar-refractivity contribution in [2.24, 2.45) is 0 Å². The molecule has 0 spiro atoms. The number of nitrogen functional groups attached to an aromatic ring is 1. The number of carboxylic acids is 1. The molecule has 398 valence electrons. The molecule has 0 unspecified atom stereocenters. The van der Waals surface area contributed by atoms with Crippen molar-refractivity contribution < 1.29 is 34.8 Å². The number of urea groups is 1. The fourth-order valence-corrected chi connectivity index (χ4v) is 10.1. The number of phenols is 3. The maximum atomic E-state index is 12.3. The van der Waals surface area contributed by atoms with E-state index >= 15 is 0 Å². The molecule has 2 heterocycles. The third kappa shape index (κ3) is 16.3. The Balaban J connectivity index is 0.000000156. The summed E-state index contributed by atoms with van der Waals surface area (Å²) in [6.45, 7) is 4.66. The van der Waals surface area contributed by atoms with Crippen molar-refractivity contribution in [3.8, 4) is 49.5 Å². The fourth-order valence-electron chi connectivity index (χ4n) is 7.69. The van der Waals surface area contributed by atoms with Crippen LogP contribution in [0.3, 0.4) is 0 Å². The second-order valence-corrected chi connectivity index (χ2v) is 20.5. The average Bonchev–Trinajstić information content (AvgIpc) is 4.11. The molecule has 9 N–H and O–H groups in total. The number of thiazole rings is 2. The van der Waals surface area contributed by atoms with Crippen LogP contribution in [0.15, 0.2) is 176 Å². The first-order chi connectivity index (χ1) is 37.6. The van der Waals surface area contributed by atoms with E-state index in [1.54, 1.807) is 48.5 Å². The number of nitrogens with one attached hydrogen (secondary N) is 3. The highest BCUT2D eigenvalue weighted by Crippen LogP contribution is 2.42. The number of rotatable bonds is 13. The Morgan fingerprint density at radius 1 is 0.615 bits per heavy atom. The Labute approximate surface area is 469 Å². The molecule has 10 aromatic rings. The number of aromatic hydroxyl groups is 3. The summed E-state index contributed by atoms with van der Waals surface area (Å²) in [6.07, 6.45) is 4.28. The number of carbonyl (C=O) groups excluding carboxylic acids is 2. The van der Waals surface area contributed by atoms with E-state index in [1.165, 1.54) is 28.7 Å². The molecule has 13 nitrogen and oxygen atoms in total. The van der Waals surface area contributed by atoms with E-state index < -0.39 is 5.97 Å². The second kappa shape index (κ2) is 28.1. The first-order valence-electron chi connectivity index (χ1n) is 24.7. The first-order valence-corrected chi connectivity index (χ1v) is 27.1. The Hall–Kier alpha value is -8.47. The number of phenolic OH excluding ortho intramolecular Hbond substituents is 3. The van der Waals surface area contributed by atoms with Gasteiger partial charge in [0.05, 0.1) is 47.2 Å². The van der Waals surface area contributed by atoms with Crippen LogP contribution < -0.4 is 21.7 Å². The van der Waals surface area contributed by atoms with Gasteiger partial charge in [-0.15, -0.1) is 22.7 Å². The summed E-state index contributed by atoms with van der Waals surface area (Å²) in [6, 6.07) is 53.3. The molecule has 2 aromatic heterocycles. The predicted octanol–water partition coefficient (Wildman–Crippen LogP) is 15.9. The lowest BCUT2D eigenvalue weighted by molar-refractivity contribution is -0.116. The molecule has 0 saturated heterocycles. The number of hydrogen-bond donors (Lipinski definition) is 8. The van der Waals surface area contributed by atoms with Crippen LogP contribution in [-0.2, 0) is 11.2 Å². The maximum absolute atomic E-state index is 12.3. The van der Waals surface area contributed by atoms with E-state index in [1.807, 2.05) is 128 Å². The van der Waals surface area contributed by atoms with E-state index in [4.69, 9.17) is 34.0 Å². The van der Waals surface area contributed by atoms with E-state index in [-0.39, 0.29) is 39.2 Å². The molecule has 0 saturated carbocycles. The van der Waals surface area contributed by atoms with Gasteiger partial charge in [0.2, 0.25) is 5.91 Å².